The standard InChI is InChI=1S/C27H34N6O2/c1-3-9-24(26-29-30-31-33(26)22-12-5-4-6-13-22)32(18-23-14-8-15-35-23)17-21-16-20-11-7-10-19(2)25(20)28-27(21)34/h7-8,10-11,14-16,22,24H,3-6,9,12-13,17-18H2,1-2H3,(H,28,34)/t24-/m0/s1. The molecule has 8 nitrogen and oxygen atoms in total. The summed E-state index contributed by atoms with van der Waals surface area (Å²) in [7, 11) is 0. The molecule has 1 aliphatic carbocycles. The van der Waals surface area contributed by atoms with Crippen molar-refractivity contribution in [2.75, 3.05) is 0 Å². The number of hydrogen-bond acceptors (Lipinski definition) is 6. The minimum atomic E-state index is -0.0571. The number of furan rings is 1. The van der Waals surface area contributed by atoms with Crippen molar-refractivity contribution in [2.45, 2.75) is 84.0 Å². The Morgan fingerprint density at radius 2 is 2.03 bits per heavy atom. The first-order valence-electron chi connectivity index (χ1n) is 12.8. The molecule has 184 valence electrons. The molecule has 1 saturated carbocycles. The number of benzene rings is 1. The smallest absolute Gasteiger partial charge is 0.252 e. The van der Waals surface area contributed by atoms with Gasteiger partial charge < -0.3 is 9.40 Å². The lowest BCUT2D eigenvalue weighted by Gasteiger charge is -2.32. The molecule has 0 aliphatic heterocycles. The minimum Gasteiger partial charge on any atom is -0.468 e. The number of fused-ring (bicyclic) bond motifs is 1. The summed E-state index contributed by atoms with van der Waals surface area (Å²) in [4.78, 5) is 18.6. The quantitative estimate of drug-likeness (QED) is 0.346. The topological polar surface area (TPSA) is 92.8 Å². The molecule has 3 aromatic heterocycles. The predicted octanol–water partition coefficient (Wildman–Crippen LogP) is 5.46. The van der Waals surface area contributed by atoms with Gasteiger partial charge in [0.2, 0.25) is 0 Å². The third-order valence-electron chi connectivity index (χ3n) is 7.22. The van der Waals surface area contributed by atoms with E-state index in [1.54, 1.807) is 6.26 Å². The van der Waals surface area contributed by atoms with Gasteiger partial charge in [0, 0.05) is 12.1 Å². The van der Waals surface area contributed by atoms with E-state index in [-0.39, 0.29) is 11.6 Å². The van der Waals surface area contributed by atoms with Gasteiger partial charge >= 0.3 is 0 Å². The summed E-state index contributed by atoms with van der Waals surface area (Å²) in [5.74, 6) is 1.74. The van der Waals surface area contributed by atoms with E-state index >= 15 is 0 Å². The van der Waals surface area contributed by atoms with Gasteiger partial charge in [0.1, 0.15) is 5.76 Å². The van der Waals surface area contributed by atoms with E-state index in [0.29, 0.717) is 19.1 Å². The lowest BCUT2D eigenvalue weighted by atomic mass is 9.95. The number of H-pyrrole nitrogens is 1. The molecular weight excluding hydrogens is 440 g/mol. The summed E-state index contributed by atoms with van der Waals surface area (Å²) in [5.41, 5.74) is 2.63. The summed E-state index contributed by atoms with van der Waals surface area (Å²) >= 11 is 0. The Kier molecular flexibility index (Phi) is 7.08. The van der Waals surface area contributed by atoms with Crippen molar-refractivity contribution in [1.82, 2.24) is 30.1 Å². The van der Waals surface area contributed by atoms with Gasteiger partial charge in [-0.2, -0.15) is 0 Å². The molecule has 0 amide bonds. The number of tetrazole rings is 1. The molecule has 35 heavy (non-hydrogen) atoms. The first kappa shape index (κ1) is 23.5. The molecule has 8 heteroatoms. The predicted molar refractivity (Wildman–Crippen MR) is 135 cm³/mol. The molecule has 0 unspecified atom stereocenters. The van der Waals surface area contributed by atoms with Crippen LogP contribution in [0.2, 0.25) is 0 Å². The van der Waals surface area contributed by atoms with Gasteiger partial charge in [-0.05, 0) is 65.8 Å². The minimum absolute atomic E-state index is 0.0327. The summed E-state index contributed by atoms with van der Waals surface area (Å²) in [6, 6.07) is 12.3. The van der Waals surface area contributed by atoms with E-state index < -0.39 is 0 Å². The van der Waals surface area contributed by atoms with Crippen LogP contribution < -0.4 is 5.56 Å². The second-order valence-electron chi connectivity index (χ2n) is 9.73. The van der Waals surface area contributed by atoms with Crippen molar-refractivity contribution in [1.29, 1.82) is 0 Å². The number of aromatic amines is 1. The molecule has 0 bridgehead atoms. The Morgan fingerprint density at radius 1 is 1.17 bits per heavy atom. The Hall–Kier alpha value is -3.26. The third-order valence-corrected chi connectivity index (χ3v) is 7.22. The van der Waals surface area contributed by atoms with Gasteiger partial charge in [0.25, 0.3) is 5.56 Å². The van der Waals surface area contributed by atoms with Crippen molar-refractivity contribution in [3.05, 3.63) is 75.7 Å². The van der Waals surface area contributed by atoms with Crippen LogP contribution in [-0.2, 0) is 13.1 Å². The molecule has 0 saturated heterocycles. The van der Waals surface area contributed by atoms with Crippen LogP contribution in [0.4, 0.5) is 0 Å². The largest absolute Gasteiger partial charge is 0.468 e. The lowest BCUT2D eigenvalue weighted by Crippen LogP contribution is -2.33. The highest BCUT2D eigenvalue weighted by molar-refractivity contribution is 5.81. The zero-order chi connectivity index (χ0) is 24.2. The van der Waals surface area contributed by atoms with Gasteiger partial charge in [-0.15, -0.1) is 5.10 Å². The molecule has 1 atom stereocenters. The van der Waals surface area contributed by atoms with Crippen LogP contribution in [0.3, 0.4) is 0 Å². The van der Waals surface area contributed by atoms with Crippen LogP contribution in [0.25, 0.3) is 10.9 Å². The first-order chi connectivity index (χ1) is 17.1. The Balaban J connectivity index is 1.53. The molecule has 1 aliphatic rings. The zero-order valence-corrected chi connectivity index (χ0v) is 20.6. The van der Waals surface area contributed by atoms with E-state index in [0.717, 1.165) is 59.3 Å². The average Bonchev–Trinajstić information content (AvgIpc) is 3.56. The van der Waals surface area contributed by atoms with Gasteiger partial charge in [0.15, 0.2) is 5.82 Å². The molecule has 1 fully saturated rings. The van der Waals surface area contributed by atoms with Crippen LogP contribution in [0, 0.1) is 6.92 Å². The number of para-hydroxylation sites is 1. The van der Waals surface area contributed by atoms with E-state index in [1.807, 2.05) is 43.3 Å². The molecule has 0 radical (unpaired) electrons. The van der Waals surface area contributed by atoms with Crippen LogP contribution in [-0.4, -0.2) is 30.1 Å². The fourth-order valence-corrected chi connectivity index (χ4v) is 5.40. The molecule has 5 rings (SSSR count). The second-order valence-corrected chi connectivity index (χ2v) is 9.73. The van der Waals surface area contributed by atoms with Gasteiger partial charge in [0.05, 0.1) is 30.4 Å². The van der Waals surface area contributed by atoms with Crippen molar-refractivity contribution in [3.63, 3.8) is 0 Å². The number of aryl methyl sites for hydroxylation is 1. The number of nitrogens with zero attached hydrogens (tertiary/aromatic N) is 5. The van der Waals surface area contributed by atoms with E-state index in [2.05, 4.69) is 37.0 Å². The SMILES string of the molecule is CCC[C@@H](c1nnnn1C1CCCCC1)N(Cc1ccco1)Cc1cc2cccc(C)c2[nH]c1=O. The van der Waals surface area contributed by atoms with Crippen LogP contribution in [0.1, 0.15) is 86.7 Å². The highest BCUT2D eigenvalue weighted by atomic mass is 16.3. The van der Waals surface area contributed by atoms with E-state index in [1.165, 1.54) is 19.3 Å². The van der Waals surface area contributed by atoms with Crippen LogP contribution >= 0.6 is 0 Å². The normalized spacial score (nSPS) is 15.7. The number of aromatic nitrogens is 5. The molecule has 1 N–H and O–H groups in total. The number of nitrogens with one attached hydrogen (secondary N) is 1. The number of rotatable bonds is 9. The maximum absolute atomic E-state index is 13.2. The highest BCUT2D eigenvalue weighted by Gasteiger charge is 2.30. The van der Waals surface area contributed by atoms with E-state index in [4.69, 9.17) is 4.42 Å². The fourth-order valence-electron chi connectivity index (χ4n) is 5.40. The summed E-state index contributed by atoms with van der Waals surface area (Å²) in [6.45, 7) is 5.24. The van der Waals surface area contributed by atoms with Gasteiger partial charge in [-0.3, -0.25) is 9.69 Å². The summed E-state index contributed by atoms with van der Waals surface area (Å²) in [6.07, 6.45) is 9.48. The number of hydrogen-bond donors (Lipinski definition) is 1. The third kappa shape index (κ3) is 5.07. The second kappa shape index (κ2) is 10.6. The lowest BCUT2D eigenvalue weighted by molar-refractivity contribution is 0.139. The van der Waals surface area contributed by atoms with Crippen LogP contribution in [0.5, 0.6) is 0 Å². The average molecular weight is 475 g/mol. The number of pyridine rings is 1. The monoisotopic (exact) mass is 474 g/mol. The van der Waals surface area contributed by atoms with Crippen molar-refractivity contribution in [2.24, 2.45) is 0 Å². The van der Waals surface area contributed by atoms with Gasteiger partial charge in [-0.25, -0.2) is 4.68 Å². The van der Waals surface area contributed by atoms with Gasteiger partial charge in [-0.1, -0.05) is 50.8 Å². The molecule has 4 aromatic rings. The Morgan fingerprint density at radius 3 is 2.80 bits per heavy atom. The Bertz CT molecular complexity index is 1300. The summed E-state index contributed by atoms with van der Waals surface area (Å²) < 4.78 is 7.78. The van der Waals surface area contributed by atoms with Crippen molar-refractivity contribution < 1.29 is 4.42 Å². The van der Waals surface area contributed by atoms with Crippen molar-refractivity contribution in [3.8, 4) is 0 Å². The van der Waals surface area contributed by atoms with Crippen LogP contribution in [0.15, 0.2) is 51.9 Å². The van der Waals surface area contributed by atoms with E-state index in [9.17, 15) is 4.79 Å². The fraction of sp³-hybridized carbons (Fsp3) is 0.481. The van der Waals surface area contributed by atoms with Crippen molar-refractivity contribution >= 4 is 10.9 Å². The summed E-state index contributed by atoms with van der Waals surface area (Å²) in [5, 5.41) is 14.1. The molecule has 3 heterocycles. The Labute approximate surface area is 205 Å². The molecule has 0 spiro atoms. The zero-order valence-electron chi connectivity index (χ0n) is 20.6. The molecular formula is C27H34N6O2. The molecule has 1 aromatic carbocycles. The first-order valence-corrected chi connectivity index (χ1v) is 12.8. The highest BCUT2D eigenvalue weighted by Crippen LogP contribution is 2.33. The maximum atomic E-state index is 13.2. The maximum Gasteiger partial charge on any atom is 0.252 e.